The third kappa shape index (κ3) is 6.24. The topological polar surface area (TPSA) is 160 Å². The molecule has 12 nitrogen and oxygen atoms in total. The molecular weight excluding hydrogens is 535 g/mol. The number of nitrogens with one attached hydrogen (secondary N) is 4. The van der Waals surface area contributed by atoms with Crippen LogP contribution in [-0.2, 0) is 0 Å². The van der Waals surface area contributed by atoms with Crippen LogP contribution < -0.4 is 21.3 Å². The van der Waals surface area contributed by atoms with Crippen LogP contribution in [0, 0.1) is 0 Å². The summed E-state index contributed by atoms with van der Waals surface area (Å²) in [7, 11) is 0. The van der Waals surface area contributed by atoms with Gasteiger partial charge < -0.3 is 19.5 Å². The van der Waals surface area contributed by atoms with E-state index >= 15 is 0 Å². The van der Waals surface area contributed by atoms with Crippen LogP contribution in [0.15, 0.2) is 81.6 Å². The van der Waals surface area contributed by atoms with Crippen LogP contribution >= 0.6 is 23.2 Å². The summed E-state index contributed by atoms with van der Waals surface area (Å²) in [6.07, 6.45) is 0. The number of carbonyl (C=O) groups is 2. The van der Waals surface area contributed by atoms with Gasteiger partial charge in [0, 0.05) is 32.5 Å². The van der Waals surface area contributed by atoms with Gasteiger partial charge in [-0.05, 0) is 72.8 Å². The van der Waals surface area contributed by atoms with Gasteiger partial charge in [-0.3, -0.25) is 10.6 Å². The van der Waals surface area contributed by atoms with E-state index < -0.39 is 12.1 Å². The Balaban J connectivity index is 1.17. The van der Waals surface area contributed by atoms with Crippen LogP contribution in [0.5, 0.6) is 0 Å². The fourth-order valence-electron chi connectivity index (χ4n) is 3.12. The highest BCUT2D eigenvalue weighted by atomic mass is 35.5. The van der Waals surface area contributed by atoms with E-state index in [1.54, 1.807) is 72.8 Å². The van der Waals surface area contributed by atoms with E-state index in [9.17, 15) is 9.59 Å². The second kappa shape index (κ2) is 11.0. The minimum atomic E-state index is -0.555. The fourth-order valence-corrected chi connectivity index (χ4v) is 3.37. The van der Waals surface area contributed by atoms with E-state index in [1.165, 1.54) is 0 Å². The van der Waals surface area contributed by atoms with Crippen LogP contribution in [0.4, 0.5) is 33.0 Å². The predicted octanol–water partition coefficient (Wildman–Crippen LogP) is 6.38. The number of hydrogen-bond acceptors (Lipinski definition) is 8. The number of halogens is 2. The standard InChI is InChI=1S/C24H16Cl2N8O4/c25-15-5-9-17(10-6-15)27-21(35)29-23-33-31-19(37-23)13-1-2-14(4-3-13)20-32-34-24(38-20)30-22(36)28-18-11-7-16(26)8-12-18/h1-12H,(H2,27,29,33,35)(H2,28,30,34,36). The fraction of sp³-hybridized carbons (Fsp3) is 0. The Morgan fingerprint density at radius 3 is 1.26 bits per heavy atom. The smallest absolute Gasteiger partial charge is 0.327 e. The Morgan fingerprint density at radius 1 is 0.526 bits per heavy atom. The molecule has 0 spiro atoms. The molecule has 0 aliphatic carbocycles. The van der Waals surface area contributed by atoms with Crippen molar-refractivity contribution < 1.29 is 18.4 Å². The first-order valence-electron chi connectivity index (χ1n) is 10.9. The summed E-state index contributed by atoms with van der Waals surface area (Å²) in [5.41, 5.74) is 2.27. The maximum atomic E-state index is 12.1. The van der Waals surface area contributed by atoms with E-state index in [0.29, 0.717) is 32.5 Å². The number of urea groups is 2. The molecule has 0 saturated heterocycles. The highest BCUT2D eigenvalue weighted by Crippen LogP contribution is 2.25. The average molecular weight is 551 g/mol. The molecule has 3 aromatic carbocycles. The average Bonchev–Trinajstić information content (AvgIpc) is 3.57. The van der Waals surface area contributed by atoms with Gasteiger partial charge in [0.2, 0.25) is 11.8 Å². The third-order valence-electron chi connectivity index (χ3n) is 4.87. The summed E-state index contributed by atoms with van der Waals surface area (Å²) in [5, 5.41) is 26.8. The highest BCUT2D eigenvalue weighted by molar-refractivity contribution is 6.31. The molecule has 5 rings (SSSR count). The van der Waals surface area contributed by atoms with Crippen molar-refractivity contribution in [2.45, 2.75) is 0 Å². The van der Waals surface area contributed by atoms with E-state index in [4.69, 9.17) is 32.0 Å². The van der Waals surface area contributed by atoms with E-state index in [0.717, 1.165) is 0 Å². The largest absolute Gasteiger partial charge is 0.403 e. The van der Waals surface area contributed by atoms with Gasteiger partial charge in [0.15, 0.2) is 0 Å². The summed E-state index contributed by atoms with van der Waals surface area (Å²) >= 11 is 11.7. The molecule has 0 unspecified atom stereocenters. The number of rotatable bonds is 6. The summed E-state index contributed by atoms with van der Waals surface area (Å²) in [6.45, 7) is 0. The number of anilines is 4. The summed E-state index contributed by atoms with van der Waals surface area (Å²) < 4.78 is 11.0. The van der Waals surface area contributed by atoms with Gasteiger partial charge in [-0.25, -0.2) is 9.59 Å². The number of hydrogen-bond donors (Lipinski definition) is 4. The summed E-state index contributed by atoms with van der Waals surface area (Å²) in [6, 6.07) is 18.7. The quantitative estimate of drug-likeness (QED) is 0.189. The van der Waals surface area contributed by atoms with Crippen LogP contribution in [0.1, 0.15) is 0 Å². The SMILES string of the molecule is O=C(Nc1ccc(Cl)cc1)Nc1nnc(-c2ccc(-c3nnc(NC(=O)Nc4ccc(Cl)cc4)o3)cc2)o1. The van der Waals surface area contributed by atoms with Gasteiger partial charge in [-0.1, -0.05) is 33.4 Å². The maximum absolute atomic E-state index is 12.1. The number of nitrogens with zero attached hydrogens (tertiary/aromatic N) is 4. The van der Waals surface area contributed by atoms with Crippen molar-refractivity contribution in [2.24, 2.45) is 0 Å². The van der Waals surface area contributed by atoms with Crippen LogP contribution in [0.25, 0.3) is 22.9 Å². The molecule has 2 heterocycles. The lowest BCUT2D eigenvalue weighted by atomic mass is 10.1. The lowest BCUT2D eigenvalue weighted by molar-refractivity contribution is 0.260. The molecule has 0 saturated carbocycles. The Kier molecular flexibility index (Phi) is 7.15. The van der Waals surface area contributed by atoms with Crippen LogP contribution in [0.2, 0.25) is 10.0 Å². The zero-order valence-electron chi connectivity index (χ0n) is 19.1. The number of aromatic nitrogens is 4. The molecule has 14 heteroatoms. The van der Waals surface area contributed by atoms with Gasteiger partial charge in [0.1, 0.15) is 0 Å². The minimum Gasteiger partial charge on any atom is -0.403 e. The monoisotopic (exact) mass is 550 g/mol. The van der Waals surface area contributed by atoms with Crippen molar-refractivity contribution in [3.63, 3.8) is 0 Å². The van der Waals surface area contributed by atoms with E-state index in [1.807, 2.05) is 0 Å². The first kappa shape index (κ1) is 24.7. The molecule has 38 heavy (non-hydrogen) atoms. The minimum absolute atomic E-state index is 0.0833. The molecule has 190 valence electrons. The van der Waals surface area contributed by atoms with Crippen molar-refractivity contribution in [3.8, 4) is 22.9 Å². The zero-order chi connectivity index (χ0) is 26.5. The van der Waals surface area contributed by atoms with Crippen molar-refractivity contribution in [1.82, 2.24) is 20.4 Å². The molecule has 4 N–H and O–H groups in total. The predicted molar refractivity (Wildman–Crippen MR) is 141 cm³/mol. The van der Waals surface area contributed by atoms with Gasteiger partial charge in [0.25, 0.3) is 0 Å². The number of carbonyl (C=O) groups excluding carboxylic acids is 2. The van der Waals surface area contributed by atoms with Gasteiger partial charge in [-0.2, -0.15) is 0 Å². The molecule has 0 aliphatic rings. The van der Waals surface area contributed by atoms with Crippen LogP contribution in [0.3, 0.4) is 0 Å². The molecule has 0 fully saturated rings. The number of benzene rings is 3. The second-order valence-electron chi connectivity index (χ2n) is 7.57. The Morgan fingerprint density at radius 2 is 0.895 bits per heavy atom. The third-order valence-corrected chi connectivity index (χ3v) is 5.38. The molecule has 0 bridgehead atoms. The molecular formula is C24H16Cl2N8O4. The zero-order valence-corrected chi connectivity index (χ0v) is 20.6. The molecule has 4 amide bonds. The number of amides is 4. The van der Waals surface area contributed by atoms with Gasteiger partial charge >= 0.3 is 24.1 Å². The first-order chi connectivity index (χ1) is 18.4. The highest BCUT2D eigenvalue weighted by Gasteiger charge is 2.14. The molecule has 5 aromatic rings. The Bertz CT molecular complexity index is 1450. The lowest BCUT2D eigenvalue weighted by Crippen LogP contribution is -2.19. The first-order valence-corrected chi connectivity index (χ1v) is 11.6. The Labute approximate surface area is 224 Å². The second-order valence-corrected chi connectivity index (χ2v) is 8.45. The Hall–Kier alpha value is -4.94. The van der Waals surface area contributed by atoms with E-state index in [-0.39, 0.29) is 23.8 Å². The van der Waals surface area contributed by atoms with Crippen molar-refractivity contribution in [2.75, 3.05) is 21.3 Å². The summed E-state index contributed by atoms with van der Waals surface area (Å²) in [5.74, 6) is 0.371. The summed E-state index contributed by atoms with van der Waals surface area (Å²) in [4.78, 5) is 24.3. The van der Waals surface area contributed by atoms with Gasteiger partial charge in [-0.15, -0.1) is 10.2 Å². The maximum Gasteiger partial charge on any atom is 0.327 e. The normalized spacial score (nSPS) is 10.6. The van der Waals surface area contributed by atoms with Gasteiger partial charge in [0.05, 0.1) is 0 Å². The molecule has 2 aromatic heterocycles. The lowest BCUT2D eigenvalue weighted by Gasteiger charge is -2.04. The molecule has 0 aliphatic heterocycles. The molecule has 0 atom stereocenters. The van der Waals surface area contributed by atoms with Crippen LogP contribution in [-0.4, -0.2) is 32.5 Å². The van der Waals surface area contributed by atoms with Crippen molar-refractivity contribution in [1.29, 1.82) is 0 Å². The van der Waals surface area contributed by atoms with E-state index in [2.05, 4.69) is 41.7 Å². The molecule has 0 radical (unpaired) electrons. The van der Waals surface area contributed by atoms with Crippen molar-refractivity contribution in [3.05, 3.63) is 82.8 Å². The van der Waals surface area contributed by atoms with Crippen molar-refractivity contribution >= 4 is 58.7 Å².